The van der Waals surface area contributed by atoms with E-state index in [0.717, 1.165) is 51.6 Å². The van der Waals surface area contributed by atoms with Crippen molar-refractivity contribution in [1.29, 1.82) is 0 Å². The van der Waals surface area contributed by atoms with Gasteiger partial charge in [0.1, 0.15) is 0 Å². The summed E-state index contributed by atoms with van der Waals surface area (Å²) in [5, 5.41) is 6.86. The van der Waals surface area contributed by atoms with Gasteiger partial charge in [0.2, 0.25) is 0 Å². The lowest BCUT2D eigenvalue weighted by Gasteiger charge is -2.26. The third-order valence-electron chi connectivity index (χ3n) is 4.76. The fourth-order valence-corrected chi connectivity index (χ4v) is 2.94. The number of methoxy groups -OCH3 is 1. The van der Waals surface area contributed by atoms with E-state index in [4.69, 9.17) is 4.74 Å². The van der Waals surface area contributed by atoms with Gasteiger partial charge >= 0.3 is 0 Å². The van der Waals surface area contributed by atoms with Crippen molar-refractivity contribution in [3.8, 4) is 0 Å². The van der Waals surface area contributed by atoms with Crippen molar-refractivity contribution in [2.24, 2.45) is 4.99 Å². The number of rotatable bonds is 12. The van der Waals surface area contributed by atoms with E-state index in [1.165, 1.54) is 11.1 Å². The zero-order valence-corrected chi connectivity index (χ0v) is 20.8. The zero-order chi connectivity index (χ0) is 20.1. The minimum absolute atomic E-state index is 0. The van der Waals surface area contributed by atoms with Crippen LogP contribution < -0.4 is 10.6 Å². The number of hydrogen-bond acceptors (Lipinski definition) is 4. The van der Waals surface area contributed by atoms with Crippen LogP contribution in [-0.2, 0) is 11.2 Å². The van der Waals surface area contributed by atoms with Gasteiger partial charge in [0.15, 0.2) is 5.96 Å². The topological polar surface area (TPSA) is 52.1 Å². The third-order valence-corrected chi connectivity index (χ3v) is 4.76. The average molecular weight is 505 g/mol. The molecule has 0 aliphatic heterocycles. The van der Waals surface area contributed by atoms with E-state index in [1.54, 1.807) is 7.11 Å². The number of nitrogens with one attached hydrogen (secondary N) is 2. The quantitative estimate of drug-likeness (QED) is 0.198. The Morgan fingerprint density at radius 1 is 1.11 bits per heavy atom. The van der Waals surface area contributed by atoms with Crippen molar-refractivity contribution in [2.75, 3.05) is 68.1 Å². The first-order valence-electron chi connectivity index (χ1n) is 9.89. The molecule has 1 aromatic carbocycles. The lowest BCUT2D eigenvalue weighted by Crippen LogP contribution is -2.44. The fourth-order valence-electron chi connectivity index (χ4n) is 2.94. The van der Waals surface area contributed by atoms with Crippen LogP contribution in [0.4, 0.5) is 0 Å². The molecule has 0 bridgehead atoms. The van der Waals surface area contributed by atoms with Gasteiger partial charge in [-0.2, -0.15) is 0 Å². The van der Waals surface area contributed by atoms with Crippen LogP contribution in [0, 0.1) is 0 Å². The molecule has 7 heteroatoms. The SMILES string of the molecule is CCc1ccc(C(CNC(=NC)NCCN(C)CCCOC)N(C)C)cc1.I. The fraction of sp³-hybridized carbons (Fsp3) is 0.667. The molecule has 0 radical (unpaired) electrons. The molecule has 0 amide bonds. The van der Waals surface area contributed by atoms with E-state index in [0.29, 0.717) is 6.04 Å². The molecule has 28 heavy (non-hydrogen) atoms. The smallest absolute Gasteiger partial charge is 0.191 e. The molecule has 1 rings (SSSR count). The number of aliphatic imine (C=N–C) groups is 1. The molecule has 0 saturated heterocycles. The highest BCUT2D eigenvalue weighted by atomic mass is 127. The second kappa shape index (κ2) is 16.0. The first kappa shape index (κ1) is 27.1. The van der Waals surface area contributed by atoms with Crippen molar-refractivity contribution >= 4 is 29.9 Å². The Morgan fingerprint density at radius 2 is 1.79 bits per heavy atom. The van der Waals surface area contributed by atoms with Crippen LogP contribution in [0.15, 0.2) is 29.3 Å². The Bertz CT molecular complexity index is 536. The molecule has 0 aliphatic carbocycles. The van der Waals surface area contributed by atoms with E-state index >= 15 is 0 Å². The van der Waals surface area contributed by atoms with Gasteiger partial charge in [-0.3, -0.25) is 4.99 Å². The molecule has 1 unspecified atom stereocenters. The number of likely N-dealkylation sites (N-methyl/N-ethyl adjacent to an activating group) is 2. The Hall–Kier alpha value is -0.900. The van der Waals surface area contributed by atoms with Gasteiger partial charge in [0.05, 0.1) is 6.04 Å². The maximum atomic E-state index is 5.10. The predicted molar refractivity (Wildman–Crippen MR) is 131 cm³/mol. The van der Waals surface area contributed by atoms with E-state index in [2.05, 4.69) is 77.8 Å². The summed E-state index contributed by atoms with van der Waals surface area (Å²) < 4.78 is 5.10. The maximum absolute atomic E-state index is 5.10. The van der Waals surface area contributed by atoms with Gasteiger partial charge < -0.3 is 25.2 Å². The van der Waals surface area contributed by atoms with Crippen molar-refractivity contribution in [1.82, 2.24) is 20.4 Å². The highest BCUT2D eigenvalue weighted by Crippen LogP contribution is 2.18. The Labute approximate surface area is 189 Å². The van der Waals surface area contributed by atoms with Crippen molar-refractivity contribution < 1.29 is 4.74 Å². The van der Waals surface area contributed by atoms with Crippen molar-refractivity contribution in [3.05, 3.63) is 35.4 Å². The molecule has 1 atom stereocenters. The van der Waals surface area contributed by atoms with Gasteiger partial charge in [-0.25, -0.2) is 0 Å². The molecule has 0 saturated carbocycles. The number of nitrogens with zero attached hydrogens (tertiary/aromatic N) is 3. The Balaban J connectivity index is 0.00000729. The lowest BCUT2D eigenvalue weighted by atomic mass is 10.0. The molecule has 1 aromatic rings. The van der Waals surface area contributed by atoms with Gasteiger partial charge in [0, 0.05) is 46.9 Å². The summed E-state index contributed by atoms with van der Waals surface area (Å²) in [6, 6.07) is 9.20. The van der Waals surface area contributed by atoms with Crippen LogP contribution in [-0.4, -0.2) is 83.8 Å². The minimum atomic E-state index is 0. The molecule has 162 valence electrons. The van der Waals surface area contributed by atoms with E-state index in [9.17, 15) is 0 Å². The summed E-state index contributed by atoms with van der Waals surface area (Å²) >= 11 is 0. The number of halogens is 1. The van der Waals surface area contributed by atoms with Crippen LogP contribution in [0.25, 0.3) is 0 Å². The van der Waals surface area contributed by atoms with Crippen LogP contribution in [0.2, 0.25) is 0 Å². The third kappa shape index (κ3) is 10.6. The Kier molecular flexibility index (Phi) is 15.4. The molecular formula is C21H40IN5O. The second-order valence-corrected chi connectivity index (χ2v) is 7.10. The number of hydrogen-bond donors (Lipinski definition) is 2. The molecule has 0 heterocycles. The molecule has 6 nitrogen and oxygen atoms in total. The van der Waals surface area contributed by atoms with E-state index in [1.807, 2.05) is 7.05 Å². The number of aryl methyl sites for hydroxylation is 1. The molecule has 0 aromatic heterocycles. The van der Waals surface area contributed by atoms with Gasteiger partial charge in [0.25, 0.3) is 0 Å². The summed E-state index contributed by atoms with van der Waals surface area (Å²) in [7, 11) is 9.93. The van der Waals surface area contributed by atoms with Crippen molar-refractivity contribution in [3.63, 3.8) is 0 Å². The monoisotopic (exact) mass is 505 g/mol. The second-order valence-electron chi connectivity index (χ2n) is 7.10. The summed E-state index contributed by atoms with van der Waals surface area (Å²) in [6.45, 7) is 6.68. The summed E-state index contributed by atoms with van der Waals surface area (Å²) in [6.07, 6.45) is 2.13. The number of ether oxygens (including phenoxy) is 1. The average Bonchev–Trinajstić information content (AvgIpc) is 2.67. The van der Waals surface area contributed by atoms with E-state index < -0.39 is 0 Å². The maximum Gasteiger partial charge on any atom is 0.191 e. The van der Waals surface area contributed by atoms with Crippen LogP contribution in [0.3, 0.4) is 0 Å². The number of benzene rings is 1. The highest BCUT2D eigenvalue weighted by molar-refractivity contribution is 14.0. The zero-order valence-electron chi connectivity index (χ0n) is 18.5. The number of guanidine groups is 1. The normalized spacial score (nSPS) is 12.8. The lowest BCUT2D eigenvalue weighted by molar-refractivity contribution is 0.180. The molecule has 2 N–H and O–H groups in total. The molecule has 0 aliphatic rings. The van der Waals surface area contributed by atoms with E-state index in [-0.39, 0.29) is 24.0 Å². The van der Waals surface area contributed by atoms with Gasteiger partial charge in [-0.05, 0) is 45.1 Å². The summed E-state index contributed by atoms with van der Waals surface area (Å²) in [5.41, 5.74) is 2.69. The standard InChI is InChI=1S/C21H39N5O.HI/c1-7-18-9-11-19(12-10-18)20(25(3)4)17-24-21(22-2)23-13-15-26(5)14-8-16-27-6;/h9-12,20H,7-8,13-17H2,1-6H3,(H2,22,23,24);1H. The Morgan fingerprint density at radius 3 is 2.32 bits per heavy atom. The van der Waals surface area contributed by atoms with Gasteiger partial charge in [-0.15, -0.1) is 24.0 Å². The summed E-state index contributed by atoms with van der Waals surface area (Å²) in [4.78, 5) is 8.89. The first-order chi connectivity index (χ1) is 13.0. The molecule has 0 fully saturated rings. The van der Waals surface area contributed by atoms with Crippen molar-refractivity contribution in [2.45, 2.75) is 25.8 Å². The summed E-state index contributed by atoms with van der Waals surface area (Å²) in [5.74, 6) is 0.845. The first-order valence-corrected chi connectivity index (χ1v) is 9.89. The minimum Gasteiger partial charge on any atom is -0.385 e. The molecule has 0 spiro atoms. The predicted octanol–water partition coefficient (Wildman–Crippen LogP) is 2.60. The van der Waals surface area contributed by atoms with Gasteiger partial charge in [-0.1, -0.05) is 31.2 Å². The molecular weight excluding hydrogens is 465 g/mol. The van der Waals surface area contributed by atoms with Crippen LogP contribution in [0.1, 0.15) is 30.5 Å². The van der Waals surface area contributed by atoms with Crippen LogP contribution >= 0.6 is 24.0 Å². The highest BCUT2D eigenvalue weighted by Gasteiger charge is 2.14. The largest absolute Gasteiger partial charge is 0.385 e. The van der Waals surface area contributed by atoms with Crippen LogP contribution in [0.5, 0.6) is 0 Å².